The second-order valence-electron chi connectivity index (χ2n) is 26.9. The summed E-state index contributed by atoms with van der Waals surface area (Å²) in [6, 6.07) is 27.3. The molecular formula is C66H84. The van der Waals surface area contributed by atoms with Gasteiger partial charge >= 0.3 is 0 Å². The Kier molecular flexibility index (Phi) is 15.3. The van der Waals surface area contributed by atoms with Crippen LogP contribution in [0.1, 0.15) is 233 Å². The summed E-state index contributed by atoms with van der Waals surface area (Å²) in [6.45, 7) is 54.4. The summed E-state index contributed by atoms with van der Waals surface area (Å²) in [5.41, 5.74) is 14.7. The Morgan fingerprint density at radius 3 is 0.439 bits per heavy atom. The van der Waals surface area contributed by atoms with E-state index in [1.807, 2.05) is 0 Å². The van der Waals surface area contributed by atoms with Crippen molar-refractivity contribution in [3.63, 3.8) is 0 Å². The van der Waals surface area contributed by atoms with Crippen LogP contribution in [0.2, 0.25) is 0 Å². The molecular weight excluding hydrogens is 793 g/mol. The van der Waals surface area contributed by atoms with Gasteiger partial charge in [-0.2, -0.15) is 0 Å². The van der Waals surface area contributed by atoms with Crippen molar-refractivity contribution in [1.82, 2.24) is 0 Å². The molecule has 0 radical (unpaired) electrons. The van der Waals surface area contributed by atoms with Crippen LogP contribution in [0.3, 0.4) is 0 Å². The maximum atomic E-state index is 3.62. The first-order valence-corrected chi connectivity index (χ1v) is 24.2. The first-order valence-electron chi connectivity index (χ1n) is 24.2. The highest BCUT2D eigenvalue weighted by Crippen LogP contribution is 2.34. The molecule has 0 nitrogen and oxygen atoms in total. The zero-order chi connectivity index (χ0) is 50.2. The molecule has 0 spiro atoms. The fourth-order valence-electron chi connectivity index (χ4n) is 7.11. The molecule has 0 heteroatoms. The first-order chi connectivity index (χ1) is 29.7. The van der Waals surface area contributed by atoms with Crippen molar-refractivity contribution in [3.8, 4) is 47.4 Å². The van der Waals surface area contributed by atoms with Crippen LogP contribution >= 0.6 is 0 Å². The predicted octanol–water partition coefficient (Wildman–Crippen LogP) is 16.9. The Morgan fingerprint density at radius 2 is 0.333 bits per heavy atom. The van der Waals surface area contributed by atoms with E-state index in [1.54, 1.807) is 0 Å². The Morgan fingerprint density at radius 1 is 0.212 bits per heavy atom. The minimum atomic E-state index is -0.0535. The first kappa shape index (κ1) is 53.5. The van der Waals surface area contributed by atoms with Gasteiger partial charge < -0.3 is 0 Å². The second-order valence-corrected chi connectivity index (χ2v) is 26.9. The van der Waals surface area contributed by atoms with Gasteiger partial charge in [0.25, 0.3) is 0 Å². The molecule has 0 atom stereocenters. The minimum absolute atomic E-state index is 0.0535. The van der Waals surface area contributed by atoms with Gasteiger partial charge in [-0.3, -0.25) is 0 Å². The fourth-order valence-corrected chi connectivity index (χ4v) is 7.11. The average molecular weight is 877 g/mol. The third-order valence-electron chi connectivity index (χ3n) is 12.2. The van der Waals surface area contributed by atoms with Crippen molar-refractivity contribution in [1.29, 1.82) is 0 Å². The summed E-state index contributed by atoms with van der Waals surface area (Å²) in [5, 5.41) is 0. The van der Waals surface area contributed by atoms with Crippen molar-refractivity contribution in [2.45, 2.75) is 209 Å². The van der Waals surface area contributed by atoms with E-state index in [1.165, 1.54) is 44.5 Å². The topological polar surface area (TPSA) is 0 Å². The van der Waals surface area contributed by atoms with E-state index in [2.05, 4.69) is 286 Å². The van der Waals surface area contributed by atoms with Gasteiger partial charge in [0, 0.05) is 22.3 Å². The maximum absolute atomic E-state index is 3.62. The molecule has 0 unspecified atom stereocenters. The van der Waals surface area contributed by atoms with Crippen molar-refractivity contribution in [3.05, 3.63) is 151 Å². The lowest BCUT2D eigenvalue weighted by molar-refractivity contribution is 0.567. The molecule has 4 aromatic carbocycles. The Hall–Kier alpha value is -5.14. The lowest BCUT2D eigenvalue weighted by Crippen LogP contribution is -2.16. The summed E-state index contributed by atoms with van der Waals surface area (Å²) in [4.78, 5) is 0. The van der Waals surface area contributed by atoms with E-state index >= 15 is 0 Å². The lowest BCUT2D eigenvalue weighted by Gasteiger charge is -2.25. The minimum Gasteiger partial charge on any atom is -0.0609 e. The van der Waals surface area contributed by atoms with Crippen LogP contribution < -0.4 is 0 Å². The second kappa shape index (κ2) is 18.9. The molecule has 66 heavy (non-hydrogen) atoms. The standard InChI is InChI=1S/C66H84/c1-59(2,3)51-33-45(34-52(41-51)60(4,5)6)25-29-49(30-26-46-35-53(61(7,8)9)42-54(36-46)62(10,11)12)50(31-27-47-37-55(63(13,14)15)43-56(38-47)64(16,17)18)32-28-48-39-57(65(19,20)21)44-58(40-48)66(22,23)24/h33-44H,1-24H3. The highest BCUT2D eigenvalue weighted by molar-refractivity contribution is 5.66. The molecule has 348 valence electrons. The third-order valence-corrected chi connectivity index (χ3v) is 12.2. The zero-order valence-electron chi connectivity index (χ0n) is 45.9. The smallest absolute Gasteiger partial charge is 0.0609 e. The number of rotatable bonds is 0. The van der Waals surface area contributed by atoms with Crippen molar-refractivity contribution in [2.75, 3.05) is 0 Å². The molecule has 0 N–H and O–H groups in total. The monoisotopic (exact) mass is 877 g/mol. The Balaban J connectivity index is 2.26. The van der Waals surface area contributed by atoms with Gasteiger partial charge in [0.1, 0.15) is 0 Å². The van der Waals surface area contributed by atoms with Crippen LogP contribution in [0.25, 0.3) is 0 Å². The van der Waals surface area contributed by atoms with Gasteiger partial charge in [0.15, 0.2) is 0 Å². The van der Waals surface area contributed by atoms with Gasteiger partial charge in [0.05, 0.1) is 11.1 Å². The normalized spacial score (nSPS) is 12.7. The molecule has 0 saturated heterocycles. The summed E-state index contributed by atoms with van der Waals surface area (Å²) < 4.78 is 0. The lowest BCUT2D eigenvalue weighted by atomic mass is 9.79. The third kappa shape index (κ3) is 14.9. The molecule has 4 rings (SSSR count). The molecule has 0 bridgehead atoms. The van der Waals surface area contributed by atoms with E-state index in [4.69, 9.17) is 0 Å². The van der Waals surface area contributed by atoms with Crippen LogP contribution in [0, 0.1) is 47.4 Å². The van der Waals surface area contributed by atoms with Gasteiger partial charge in [-0.1, -0.05) is 238 Å². The highest BCUT2D eigenvalue weighted by Gasteiger charge is 2.24. The van der Waals surface area contributed by atoms with Gasteiger partial charge in [-0.25, -0.2) is 0 Å². The van der Waals surface area contributed by atoms with E-state index in [0.717, 1.165) is 22.3 Å². The summed E-state index contributed by atoms with van der Waals surface area (Å²) in [6.07, 6.45) is 0. The molecule has 0 saturated carbocycles. The van der Waals surface area contributed by atoms with Crippen LogP contribution in [0.4, 0.5) is 0 Å². The molecule has 0 fully saturated rings. The fraction of sp³-hybridized carbons (Fsp3) is 0.485. The predicted molar refractivity (Wildman–Crippen MR) is 290 cm³/mol. The molecule has 0 aliphatic carbocycles. The number of allylic oxidation sites excluding steroid dienone is 2. The molecule has 0 aromatic heterocycles. The Bertz CT molecular complexity index is 2220. The van der Waals surface area contributed by atoms with Gasteiger partial charge in [-0.15, -0.1) is 0 Å². The molecule has 0 heterocycles. The largest absolute Gasteiger partial charge is 0.0993 e. The zero-order valence-corrected chi connectivity index (χ0v) is 45.9. The summed E-state index contributed by atoms with van der Waals surface area (Å²) in [7, 11) is 0. The maximum Gasteiger partial charge on any atom is 0.0993 e. The molecule has 0 amide bonds. The van der Waals surface area contributed by atoms with E-state index in [0.29, 0.717) is 11.1 Å². The number of hydrogen-bond donors (Lipinski definition) is 0. The van der Waals surface area contributed by atoms with Crippen LogP contribution in [-0.2, 0) is 43.3 Å². The van der Waals surface area contributed by atoms with Crippen LogP contribution in [-0.4, -0.2) is 0 Å². The highest BCUT2D eigenvalue weighted by atomic mass is 14.3. The molecule has 0 aliphatic rings. The van der Waals surface area contributed by atoms with Crippen molar-refractivity contribution in [2.24, 2.45) is 0 Å². The summed E-state index contributed by atoms with van der Waals surface area (Å²) >= 11 is 0. The van der Waals surface area contributed by atoms with E-state index in [9.17, 15) is 0 Å². The average Bonchev–Trinajstić information content (AvgIpc) is 3.15. The van der Waals surface area contributed by atoms with Crippen molar-refractivity contribution >= 4 is 0 Å². The van der Waals surface area contributed by atoms with Gasteiger partial charge in [-0.05, 0) is 136 Å². The SMILES string of the molecule is CC(C)(C)c1cc(C#CC(C#Cc2cc(C(C)(C)C)cc(C(C)(C)C)c2)=C(C#Cc2cc(C(C)(C)C)cc(C(C)(C)C)c2)C#Cc2cc(C(C)(C)C)cc(C(C)(C)C)c2)cc(C(C)(C)C)c1. The number of benzene rings is 4. The Labute approximate surface area is 405 Å². The van der Waals surface area contributed by atoms with Crippen LogP contribution in [0.15, 0.2) is 83.9 Å². The summed E-state index contributed by atoms with van der Waals surface area (Å²) in [5.74, 6) is 29.0. The van der Waals surface area contributed by atoms with Gasteiger partial charge in [0.2, 0.25) is 0 Å². The van der Waals surface area contributed by atoms with E-state index in [-0.39, 0.29) is 43.3 Å². The molecule has 4 aromatic rings. The van der Waals surface area contributed by atoms with Crippen molar-refractivity contribution < 1.29 is 0 Å². The molecule has 0 aliphatic heterocycles. The van der Waals surface area contributed by atoms with E-state index < -0.39 is 0 Å². The quantitative estimate of drug-likeness (QED) is 0.154. The number of hydrogen-bond acceptors (Lipinski definition) is 0. The van der Waals surface area contributed by atoms with Crippen LogP contribution in [0.5, 0.6) is 0 Å².